The van der Waals surface area contributed by atoms with Crippen LogP contribution in [0.25, 0.3) is 0 Å². The van der Waals surface area contributed by atoms with Gasteiger partial charge in [-0.2, -0.15) is 0 Å². The Hall–Kier alpha value is -3.78. The second kappa shape index (κ2) is 49.9. The van der Waals surface area contributed by atoms with Gasteiger partial charge in [-0.1, -0.05) is 0 Å². The van der Waals surface area contributed by atoms with E-state index in [9.17, 15) is 0 Å². The first-order valence-electron chi connectivity index (χ1n) is 3.85. The van der Waals surface area contributed by atoms with Crippen molar-refractivity contribution in [2.75, 3.05) is 0 Å². The zero-order valence-corrected chi connectivity index (χ0v) is 18.0. The molecule has 0 unspecified atom stereocenters. The molecule has 30 heteroatoms. The summed E-state index contributed by atoms with van der Waals surface area (Å²) in [5.74, 6) is 0. The van der Waals surface area contributed by atoms with Crippen molar-refractivity contribution >= 4 is 0 Å². The minimum Gasteiger partial charge on any atom is -0.356 e. The molecule has 1 radical (unpaired) electrons. The van der Waals surface area contributed by atoms with Gasteiger partial charge in [0.15, 0.2) is 0 Å². The Kier molecular flexibility index (Phi) is 93.5. The zero-order chi connectivity index (χ0) is 25.0. The topological polar surface area (TPSA) is 461 Å². The molecule has 0 fully saturated rings. The molecule has 0 aromatic heterocycles. The molecule has 0 aliphatic heterocycles. The summed E-state index contributed by atoms with van der Waals surface area (Å²) in [7, 11) is 0. The molecule has 0 heterocycles. The molecule has 28 nitrogen and oxygen atoms in total. The van der Waals surface area contributed by atoms with Gasteiger partial charge in [0.25, 0.3) is 5.09 Å². The van der Waals surface area contributed by atoms with Gasteiger partial charge in [0.05, 0.1) is 30.5 Å². The minimum absolute atomic E-state index is 0. The Bertz CT molecular complexity index is 314. The molecule has 0 aromatic rings. The van der Waals surface area contributed by atoms with Crippen LogP contribution in [0.2, 0.25) is 0 Å². The molecule has 0 aliphatic carbocycles. The van der Waals surface area contributed by atoms with E-state index in [1.165, 1.54) is 0 Å². The summed E-state index contributed by atoms with van der Waals surface area (Å²) < 4.78 is 0. The van der Waals surface area contributed by atoms with Gasteiger partial charge in [-0.25, -0.2) is 0 Å². The van der Waals surface area contributed by atoms with Crippen LogP contribution in [-0.4, -0.2) is 40.8 Å². The fraction of sp³-hybridized carbons (Fsp3) is 0. The van der Waals surface area contributed by atoms with Crippen LogP contribution in [-0.2, 0) is 19.5 Å². The van der Waals surface area contributed by atoms with Crippen molar-refractivity contribution < 1.29 is 95.9 Å². The van der Waals surface area contributed by atoms with Crippen molar-refractivity contribution in [1.29, 1.82) is 0 Å². The van der Waals surface area contributed by atoms with Crippen molar-refractivity contribution in [2.45, 2.75) is 0 Å². The molecule has 0 amide bonds. The second-order valence-corrected chi connectivity index (χ2v) is 1.58. The maximum atomic E-state index is 8.36. The Morgan fingerprint density at radius 1 is 0.367 bits per heavy atom. The fourth-order valence-corrected chi connectivity index (χ4v) is 0. The number of hydrogen-bond donors (Lipinski definition) is 1. The van der Waals surface area contributed by atoms with Gasteiger partial charge < -0.3 is 97.1 Å². The van der Waals surface area contributed by atoms with Gasteiger partial charge in [0.1, 0.15) is 0 Å². The zero-order valence-electron chi connectivity index (χ0n) is 12.7. The monoisotopic (exact) mass is 676 g/mol. The van der Waals surface area contributed by atoms with E-state index in [2.05, 4.69) is 0 Å². The molecule has 0 aromatic carbocycles. The van der Waals surface area contributed by atoms with Crippen LogP contribution in [0, 0.1) is 138 Å². The molecule has 0 saturated carbocycles. The largest absolute Gasteiger partial charge is 3.00 e. The van der Waals surface area contributed by atoms with Crippen molar-refractivity contribution in [3.8, 4) is 0 Å². The van der Waals surface area contributed by atoms with Gasteiger partial charge in [-0.3, -0.25) is 0 Å². The average molecular weight is 675 g/mol. The van der Waals surface area contributed by atoms with Crippen LogP contribution in [0.1, 0.15) is 0 Å². The predicted octanol–water partition coefficient (Wildman–Crippen LogP) is -1.78. The molecule has 0 rings (SSSR count). The first-order chi connectivity index (χ1) is 12.1. The Labute approximate surface area is 197 Å². The van der Waals surface area contributed by atoms with Crippen molar-refractivity contribution in [2.24, 2.45) is 0 Å². The van der Waals surface area contributed by atoms with Crippen LogP contribution in [0.5, 0.6) is 0 Å². The maximum Gasteiger partial charge on any atom is 3.00 e. The third kappa shape index (κ3) is 913. The summed E-state index contributed by atoms with van der Waals surface area (Å²) in [6.07, 6.45) is 0. The van der Waals surface area contributed by atoms with Gasteiger partial charge in [-0.15, -0.1) is 10.1 Å². The third-order valence-corrected chi connectivity index (χ3v) is 0. The summed E-state index contributed by atoms with van der Waals surface area (Å²) >= 11 is 0. The van der Waals surface area contributed by atoms with Gasteiger partial charge in [-0.05, 0) is 0 Å². The smallest absolute Gasteiger partial charge is 0.356 e. The first-order valence-corrected chi connectivity index (χ1v) is 3.85. The summed E-state index contributed by atoms with van der Waals surface area (Å²) in [6, 6.07) is 0. The van der Waals surface area contributed by atoms with E-state index in [0.717, 1.165) is 0 Å². The first kappa shape index (κ1) is 56.2. The van der Waals surface area contributed by atoms with E-state index in [4.69, 9.17) is 107 Å². The van der Waals surface area contributed by atoms with E-state index in [-0.39, 0.29) is 55.1 Å². The van der Waals surface area contributed by atoms with E-state index in [1.807, 2.05) is 0 Å². The molecule has 173 valence electrons. The Balaban J connectivity index is -0.0000000242. The third-order valence-electron chi connectivity index (χ3n) is 0. The molecule has 1 N–H and O–H groups in total. The molecule has 0 saturated heterocycles. The van der Waals surface area contributed by atoms with Gasteiger partial charge in [0, 0.05) is 0 Å². The van der Waals surface area contributed by atoms with E-state index < -0.39 is 35.6 Å². The molecule has 0 spiro atoms. The predicted molar refractivity (Wildman–Crippen MR) is 70.9 cm³/mol. The average Bonchev–Trinajstić information content (AvgIpc) is 2.20. The SMILES string of the molecule is O=[N+]([O-])O.O=[N+]([O-])[O-].O=[N+]([O-])[O-].O=[N+]([O-])[O-].O=[N+]([O-])[O-].O=[N+]([O-])[O-].O=[N+]([O-])[O-].[La+3].[Ru+3]. The maximum absolute atomic E-state index is 8.36. The Morgan fingerprint density at radius 2 is 0.367 bits per heavy atom. The van der Waals surface area contributed by atoms with Crippen molar-refractivity contribution in [3.05, 3.63) is 102 Å². The van der Waals surface area contributed by atoms with Crippen molar-refractivity contribution in [1.82, 2.24) is 0 Å². The summed E-state index contributed by atoms with van der Waals surface area (Å²) in [5.41, 5.74) is 0. The van der Waals surface area contributed by atoms with Crippen LogP contribution in [0.4, 0.5) is 0 Å². The fourth-order valence-electron chi connectivity index (χ4n) is 0. The molecule has 0 aliphatic rings. The summed E-state index contributed by atoms with van der Waals surface area (Å²) in [6.45, 7) is 0. The normalized spacial score (nSPS) is 5.60. The standard InChI is InChI=1S/La.HNO3.6NO3.Ru/c;7*2-1(3)4;/h;(H,2,3,4);;;;;;;/q+3;;6*-1;+3. The van der Waals surface area contributed by atoms with Crippen LogP contribution >= 0.6 is 0 Å². The van der Waals surface area contributed by atoms with Crippen LogP contribution in [0.3, 0.4) is 0 Å². The van der Waals surface area contributed by atoms with E-state index >= 15 is 0 Å². The summed E-state index contributed by atoms with van der Waals surface area (Å²) in [4.78, 5) is 57.9. The summed E-state index contributed by atoms with van der Waals surface area (Å²) in [5, 5.41) is 102. The van der Waals surface area contributed by atoms with Gasteiger partial charge >= 0.3 is 55.1 Å². The molecule has 0 atom stereocenters. The minimum atomic E-state index is -1.75. The number of hydrogen-bond acceptors (Lipinski definition) is 20. The Morgan fingerprint density at radius 3 is 0.367 bits per heavy atom. The van der Waals surface area contributed by atoms with E-state index in [1.54, 1.807) is 0 Å². The number of nitrogens with zero attached hydrogens (tertiary/aromatic N) is 7. The molecule has 30 heavy (non-hydrogen) atoms. The molecular weight excluding hydrogens is 674 g/mol. The molecule has 0 bridgehead atoms. The van der Waals surface area contributed by atoms with E-state index in [0.29, 0.717) is 0 Å². The molecular formula is HLaN7O21Ru. The van der Waals surface area contributed by atoms with Crippen molar-refractivity contribution in [3.63, 3.8) is 0 Å². The second-order valence-electron chi connectivity index (χ2n) is 1.58. The van der Waals surface area contributed by atoms with Gasteiger partial charge in [0.2, 0.25) is 0 Å². The van der Waals surface area contributed by atoms with Crippen LogP contribution < -0.4 is 0 Å². The quantitative estimate of drug-likeness (QED) is 0.168. The van der Waals surface area contributed by atoms with Crippen LogP contribution in [0.15, 0.2) is 0 Å². The number of rotatable bonds is 0.